The molecule has 2 N–H and O–H groups in total. The van der Waals surface area contributed by atoms with Crippen LogP contribution in [0.2, 0.25) is 5.02 Å². The molecule has 0 radical (unpaired) electrons. The van der Waals surface area contributed by atoms with Gasteiger partial charge in [-0.2, -0.15) is 5.26 Å². The average molecular weight is 359 g/mol. The van der Waals surface area contributed by atoms with Crippen molar-refractivity contribution >= 4 is 29.3 Å². The predicted molar refractivity (Wildman–Crippen MR) is 94.9 cm³/mol. The van der Waals surface area contributed by atoms with Crippen LogP contribution in [0, 0.1) is 11.3 Å². The number of benzene rings is 2. The van der Waals surface area contributed by atoms with Crippen LogP contribution in [0.3, 0.4) is 0 Å². The molecule has 25 heavy (non-hydrogen) atoms. The van der Waals surface area contributed by atoms with Crippen LogP contribution in [0.15, 0.2) is 42.0 Å². The first-order valence-electron chi connectivity index (χ1n) is 7.12. The smallest absolute Gasteiger partial charge is 0.266 e. The number of nitrogens with one attached hydrogen (secondary N) is 1. The van der Waals surface area contributed by atoms with Gasteiger partial charge in [0.15, 0.2) is 11.5 Å². The van der Waals surface area contributed by atoms with E-state index in [2.05, 4.69) is 5.32 Å². The number of halogens is 1. The summed E-state index contributed by atoms with van der Waals surface area (Å²) in [5.41, 5.74) is 0.842. The van der Waals surface area contributed by atoms with Crippen LogP contribution >= 0.6 is 11.6 Å². The molecule has 1 amide bonds. The summed E-state index contributed by atoms with van der Waals surface area (Å²) in [6.45, 7) is 0. The predicted octanol–water partition coefficient (Wildman–Crippen LogP) is 3.61. The fourth-order valence-corrected chi connectivity index (χ4v) is 2.24. The molecule has 0 heterocycles. The molecular weight excluding hydrogens is 344 g/mol. The minimum atomic E-state index is -0.573. The largest absolute Gasteiger partial charge is 0.503 e. The Kier molecular flexibility index (Phi) is 5.88. The molecule has 0 atom stereocenters. The van der Waals surface area contributed by atoms with E-state index in [4.69, 9.17) is 21.1 Å². The molecule has 0 saturated carbocycles. The minimum absolute atomic E-state index is 0.0541. The highest BCUT2D eigenvalue weighted by Crippen LogP contribution is 2.35. The van der Waals surface area contributed by atoms with Crippen molar-refractivity contribution in [2.45, 2.75) is 0 Å². The van der Waals surface area contributed by atoms with Crippen LogP contribution in [0.5, 0.6) is 17.2 Å². The Morgan fingerprint density at radius 3 is 2.48 bits per heavy atom. The van der Waals surface area contributed by atoms with E-state index in [1.54, 1.807) is 31.4 Å². The fraction of sp³-hybridized carbons (Fsp3) is 0.111. The zero-order valence-electron chi connectivity index (χ0n) is 13.5. The van der Waals surface area contributed by atoms with Crippen molar-refractivity contribution in [1.82, 2.24) is 0 Å². The third-order valence-electron chi connectivity index (χ3n) is 3.29. The van der Waals surface area contributed by atoms with E-state index < -0.39 is 5.91 Å². The van der Waals surface area contributed by atoms with E-state index in [-0.39, 0.29) is 22.1 Å². The Hall–Kier alpha value is -3.17. The van der Waals surface area contributed by atoms with Crippen molar-refractivity contribution in [3.63, 3.8) is 0 Å². The summed E-state index contributed by atoms with van der Waals surface area (Å²) in [5.74, 6) is 0.0184. The molecule has 0 bridgehead atoms. The maximum absolute atomic E-state index is 12.3. The number of ether oxygens (including phenoxy) is 2. The highest BCUT2D eigenvalue weighted by Gasteiger charge is 2.12. The molecule has 0 aliphatic carbocycles. The van der Waals surface area contributed by atoms with Crippen molar-refractivity contribution < 1.29 is 19.4 Å². The second-order valence-corrected chi connectivity index (χ2v) is 5.31. The molecule has 0 saturated heterocycles. The molecule has 0 spiro atoms. The minimum Gasteiger partial charge on any atom is -0.503 e. The lowest BCUT2D eigenvalue weighted by Crippen LogP contribution is -2.13. The maximum atomic E-state index is 12.3. The molecule has 2 rings (SSSR count). The van der Waals surface area contributed by atoms with Crippen molar-refractivity contribution in [3.05, 3.63) is 52.6 Å². The van der Waals surface area contributed by atoms with Crippen LogP contribution in [0.1, 0.15) is 5.56 Å². The first kappa shape index (κ1) is 18.2. The number of methoxy groups -OCH3 is 2. The number of hydrogen-bond donors (Lipinski definition) is 2. The second-order valence-electron chi connectivity index (χ2n) is 4.91. The van der Waals surface area contributed by atoms with Gasteiger partial charge in [-0.15, -0.1) is 0 Å². The van der Waals surface area contributed by atoms with Crippen molar-refractivity contribution in [3.8, 4) is 23.3 Å². The lowest BCUT2D eigenvalue weighted by Gasteiger charge is -2.08. The van der Waals surface area contributed by atoms with E-state index in [0.29, 0.717) is 17.0 Å². The first-order chi connectivity index (χ1) is 12.0. The number of carbonyl (C=O) groups excluding carboxylic acids is 1. The van der Waals surface area contributed by atoms with Gasteiger partial charge in [0.1, 0.15) is 17.4 Å². The van der Waals surface area contributed by atoms with Gasteiger partial charge >= 0.3 is 0 Å². The summed E-state index contributed by atoms with van der Waals surface area (Å²) in [5, 5.41) is 21.7. The molecule has 0 fully saturated rings. The van der Waals surface area contributed by atoms with Gasteiger partial charge in [0.05, 0.1) is 19.2 Å². The molecule has 0 unspecified atom stereocenters. The average Bonchev–Trinajstić information content (AvgIpc) is 2.62. The van der Waals surface area contributed by atoms with E-state index in [9.17, 15) is 15.2 Å². The summed E-state index contributed by atoms with van der Waals surface area (Å²) < 4.78 is 10.0. The molecule has 6 nitrogen and oxygen atoms in total. The number of carbonyl (C=O) groups is 1. The highest BCUT2D eigenvalue weighted by molar-refractivity contribution is 6.32. The van der Waals surface area contributed by atoms with Gasteiger partial charge in [0.2, 0.25) is 0 Å². The molecule has 2 aromatic rings. The Balaban J connectivity index is 2.26. The van der Waals surface area contributed by atoms with Gasteiger partial charge in [-0.25, -0.2) is 0 Å². The maximum Gasteiger partial charge on any atom is 0.266 e. The Morgan fingerprint density at radius 1 is 1.24 bits per heavy atom. The van der Waals surface area contributed by atoms with Gasteiger partial charge in [0, 0.05) is 5.69 Å². The SMILES string of the molecule is COc1ccc(NC(=O)/C(C#N)=C/c2cc(Cl)c(O)c(OC)c2)cc1. The summed E-state index contributed by atoms with van der Waals surface area (Å²) in [7, 11) is 2.92. The second kappa shape index (κ2) is 8.08. The van der Waals surface area contributed by atoms with Crippen LogP contribution < -0.4 is 14.8 Å². The number of nitriles is 1. The first-order valence-corrected chi connectivity index (χ1v) is 7.50. The van der Waals surface area contributed by atoms with Gasteiger partial charge in [-0.3, -0.25) is 4.79 Å². The number of hydrogen-bond acceptors (Lipinski definition) is 5. The summed E-state index contributed by atoms with van der Waals surface area (Å²) >= 11 is 5.91. The highest BCUT2D eigenvalue weighted by atomic mass is 35.5. The molecule has 0 aliphatic rings. The van der Waals surface area contributed by atoms with Crippen LogP contribution in [-0.4, -0.2) is 25.2 Å². The van der Waals surface area contributed by atoms with Crippen LogP contribution in [0.4, 0.5) is 5.69 Å². The molecule has 2 aromatic carbocycles. The molecular formula is C18H15ClN2O4. The lowest BCUT2D eigenvalue weighted by atomic mass is 10.1. The monoisotopic (exact) mass is 358 g/mol. The van der Waals surface area contributed by atoms with Gasteiger partial charge in [0.25, 0.3) is 5.91 Å². The number of nitrogens with zero attached hydrogens (tertiary/aromatic N) is 1. The van der Waals surface area contributed by atoms with E-state index in [0.717, 1.165) is 0 Å². The third kappa shape index (κ3) is 4.43. The zero-order chi connectivity index (χ0) is 18.4. The van der Waals surface area contributed by atoms with Gasteiger partial charge < -0.3 is 19.9 Å². The van der Waals surface area contributed by atoms with Crippen molar-refractivity contribution in [1.29, 1.82) is 5.26 Å². The number of rotatable bonds is 5. The molecule has 128 valence electrons. The van der Waals surface area contributed by atoms with Crippen molar-refractivity contribution in [2.75, 3.05) is 19.5 Å². The number of aromatic hydroxyl groups is 1. The number of anilines is 1. The van der Waals surface area contributed by atoms with E-state index >= 15 is 0 Å². The topological polar surface area (TPSA) is 91.6 Å². The number of phenols is 1. The summed E-state index contributed by atoms with van der Waals surface area (Å²) in [6, 6.07) is 11.4. The third-order valence-corrected chi connectivity index (χ3v) is 3.58. The molecule has 7 heteroatoms. The van der Waals surface area contributed by atoms with Gasteiger partial charge in [-0.05, 0) is 48.0 Å². The lowest BCUT2D eigenvalue weighted by molar-refractivity contribution is -0.112. The fourth-order valence-electron chi connectivity index (χ4n) is 2.02. The zero-order valence-corrected chi connectivity index (χ0v) is 14.3. The normalized spacial score (nSPS) is 10.7. The Labute approximate surface area is 149 Å². The Bertz CT molecular complexity index is 855. The standard InChI is InChI=1S/C18H15ClN2O4/c1-24-14-5-3-13(4-6-14)21-18(23)12(10-20)7-11-8-15(19)17(22)16(9-11)25-2/h3-9,22H,1-2H3,(H,21,23)/b12-7+. The van der Waals surface area contributed by atoms with Crippen LogP contribution in [-0.2, 0) is 4.79 Å². The van der Waals surface area contributed by atoms with E-state index in [1.165, 1.54) is 25.3 Å². The quantitative estimate of drug-likeness (QED) is 0.629. The molecule has 0 aromatic heterocycles. The molecule has 0 aliphatic heterocycles. The number of amides is 1. The van der Waals surface area contributed by atoms with Crippen LogP contribution in [0.25, 0.3) is 6.08 Å². The summed E-state index contributed by atoms with van der Waals surface area (Å²) in [6.07, 6.45) is 1.35. The van der Waals surface area contributed by atoms with Gasteiger partial charge in [-0.1, -0.05) is 11.6 Å². The van der Waals surface area contributed by atoms with E-state index in [1.807, 2.05) is 6.07 Å². The number of phenolic OH excluding ortho intramolecular Hbond substituents is 1. The van der Waals surface area contributed by atoms with Crippen molar-refractivity contribution in [2.24, 2.45) is 0 Å². The summed E-state index contributed by atoms with van der Waals surface area (Å²) in [4.78, 5) is 12.3. The Morgan fingerprint density at radius 2 is 1.92 bits per heavy atom.